The van der Waals surface area contributed by atoms with Crippen molar-refractivity contribution in [1.82, 2.24) is 0 Å². The van der Waals surface area contributed by atoms with E-state index in [1.165, 1.54) is 42.5 Å². The molecule has 11 heteroatoms. The molecule has 1 fully saturated rings. The van der Waals surface area contributed by atoms with E-state index in [9.17, 15) is 18.4 Å². The van der Waals surface area contributed by atoms with E-state index < -0.39 is 21.6 Å². The molecule has 2 heterocycles. The van der Waals surface area contributed by atoms with E-state index >= 15 is 4.39 Å². The van der Waals surface area contributed by atoms with Gasteiger partial charge in [-0.15, -0.1) is 0 Å². The Kier molecular flexibility index (Phi) is 7.21. The van der Waals surface area contributed by atoms with Gasteiger partial charge in [-0.2, -0.15) is 4.73 Å². The van der Waals surface area contributed by atoms with Gasteiger partial charge in [0.05, 0.1) is 34.0 Å². The Morgan fingerprint density at radius 3 is 2.47 bits per heavy atom. The van der Waals surface area contributed by atoms with E-state index in [-0.39, 0.29) is 44.6 Å². The Labute approximate surface area is 213 Å². The van der Waals surface area contributed by atoms with Crippen LogP contribution in [0.3, 0.4) is 0 Å². The van der Waals surface area contributed by atoms with Crippen molar-refractivity contribution in [3.8, 4) is 0 Å². The molecule has 0 aliphatic carbocycles. The summed E-state index contributed by atoms with van der Waals surface area (Å²) >= 11 is 6.07. The number of hydrogen-bond acceptors (Lipinski definition) is 6. The molecule has 0 radical (unpaired) electrons. The third-order valence-electron chi connectivity index (χ3n) is 5.83. The highest BCUT2D eigenvalue weighted by molar-refractivity contribution is 7.92. The van der Waals surface area contributed by atoms with Crippen molar-refractivity contribution in [2.24, 2.45) is 0 Å². The van der Waals surface area contributed by atoms with Gasteiger partial charge in [-0.3, -0.25) is 9.52 Å². The summed E-state index contributed by atoms with van der Waals surface area (Å²) in [6, 6.07) is 10.7. The van der Waals surface area contributed by atoms with Crippen LogP contribution in [0.1, 0.15) is 35.5 Å². The number of aromatic nitrogens is 1. The summed E-state index contributed by atoms with van der Waals surface area (Å²) in [7, 11) is -4.27. The number of halogens is 2. The van der Waals surface area contributed by atoms with Gasteiger partial charge in [-0.1, -0.05) is 11.6 Å². The molecule has 1 saturated heterocycles. The van der Waals surface area contributed by atoms with Crippen molar-refractivity contribution in [2.45, 2.75) is 37.9 Å². The maximum Gasteiger partial charge on any atom is 0.262 e. The molecule has 1 aromatic heterocycles. The lowest BCUT2D eigenvalue weighted by Crippen LogP contribution is -2.45. The fourth-order valence-corrected chi connectivity index (χ4v) is 5.39. The smallest absolute Gasteiger partial charge is 0.262 e. The molecule has 0 bridgehead atoms. The van der Waals surface area contributed by atoms with Gasteiger partial charge in [0.15, 0.2) is 11.9 Å². The largest absolute Gasteiger partial charge is 0.618 e. The number of sulfonamides is 1. The fourth-order valence-electron chi connectivity index (χ4n) is 4.13. The van der Waals surface area contributed by atoms with E-state index in [2.05, 4.69) is 4.72 Å². The van der Waals surface area contributed by atoms with Crippen LogP contribution in [0, 0.1) is 17.9 Å². The second-order valence-electron chi connectivity index (χ2n) is 8.78. The molecule has 3 aromatic rings. The fraction of sp³-hybridized carbons (Fsp3) is 0.280. The number of ketones is 1. The summed E-state index contributed by atoms with van der Waals surface area (Å²) in [6.07, 6.45) is 0.922. The summed E-state index contributed by atoms with van der Waals surface area (Å²) < 4.78 is 49.9. The molecule has 0 amide bonds. The molecule has 2 aromatic carbocycles. The van der Waals surface area contributed by atoms with Gasteiger partial charge in [0, 0.05) is 36.7 Å². The Bertz CT molecular complexity index is 1420. The average molecular weight is 534 g/mol. The van der Waals surface area contributed by atoms with Crippen molar-refractivity contribution in [3.63, 3.8) is 0 Å². The van der Waals surface area contributed by atoms with E-state index in [1.807, 2.05) is 18.7 Å². The highest BCUT2D eigenvalue weighted by Gasteiger charge is 2.26. The van der Waals surface area contributed by atoms with Gasteiger partial charge in [-0.25, -0.2) is 12.8 Å². The molecule has 0 saturated carbocycles. The first kappa shape index (κ1) is 25.9. The molecular weight excluding hydrogens is 509 g/mol. The zero-order chi connectivity index (χ0) is 26.2. The summed E-state index contributed by atoms with van der Waals surface area (Å²) in [6.45, 7) is 6.32. The lowest BCUT2D eigenvalue weighted by molar-refractivity contribution is -0.612. The molecule has 8 nitrogen and oxygen atoms in total. The number of morpholine rings is 1. The molecule has 1 N–H and O–H groups in total. The normalized spacial score (nSPS) is 18.2. The third kappa shape index (κ3) is 5.45. The number of benzene rings is 2. The number of pyridine rings is 1. The number of hydrogen-bond donors (Lipinski definition) is 1. The topological polar surface area (TPSA) is 103 Å². The van der Waals surface area contributed by atoms with Crippen LogP contribution in [0.5, 0.6) is 0 Å². The zero-order valence-electron chi connectivity index (χ0n) is 19.9. The van der Waals surface area contributed by atoms with Gasteiger partial charge in [-0.05, 0) is 56.3 Å². The van der Waals surface area contributed by atoms with E-state index in [4.69, 9.17) is 16.3 Å². The van der Waals surface area contributed by atoms with Gasteiger partial charge >= 0.3 is 0 Å². The maximum atomic E-state index is 15.0. The van der Waals surface area contributed by atoms with Crippen LogP contribution < -0.4 is 14.4 Å². The number of nitrogens with one attached hydrogen (secondary N) is 1. The van der Waals surface area contributed by atoms with Gasteiger partial charge in [0.25, 0.3) is 10.0 Å². The zero-order valence-corrected chi connectivity index (χ0v) is 21.4. The molecule has 1 aliphatic heterocycles. The predicted molar refractivity (Wildman–Crippen MR) is 134 cm³/mol. The molecular formula is C25H25ClFN3O5S. The second-order valence-corrected chi connectivity index (χ2v) is 10.9. The van der Waals surface area contributed by atoms with Crippen LogP contribution in [-0.4, -0.2) is 39.5 Å². The van der Waals surface area contributed by atoms with Crippen LogP contribution in [0.2, 0.25) is 5.02 Å². The molecule has 0 unspecified atom stereocenters. The molecule has 2 atom stereocenters. The average Bonchev–Trinajstić information content (AvgIpc) is 2.80. The van der Waals surface area contributed by atoms with Gasteiger partial charge in [0.1, 0.15) is 5.82 Å². The first-order valence-electron chi connectivity index (χ1n) is 11.2. The Balaban J connectivity index is 1.64. The minimum atomic E-state index is -4.27. The van der Waals surface area contributed by atoms with Crippen LogP contribution in [0.4, 0.5) is 15.8 Å². The molecule has 190 valence electrons. The number of aryl methyl sites for hydroxylation is 1. The van der Waals surface area contributed by atoms with E-state index in [0.717, 1.165) is 12.3 Å². The number of anilines is 2. The SMILES string of the molecule is Cc1ccc(C(=O)c2cc(Cl)ccc2NS(=O)(=O)c2ccc(N3C[C@@H](C)O[C@@H](C)C3)c(F)c2)c[n+]1[O-]. The Hall–Kier alpha value is -3.21. The second kappa shape index (κ2) is 10.0. The van der Waals surface area contributed by atoms with Crippen LogP contribution >= 0.6 is 11.6 Å². The van der Waals surface area contributed by atoms with Crippen molar-refractivity contribution >= 4 is 38.8 Å². The quantitative estimate of drug-likeness (QED) is 0.291. The number of carbonyl (C=O) groups excluding carboxylic acids is 1. The molecule has 0 spiro atoms. The first-order chi connectivity index (χ1) is 16.9. The van der Waals surface area contributed by atoms with Crippen molar-refractivity contribution in [2.75, 3.05) is 22.7 Å². The Morgan fingerprint density at radius 2 is 1.83 bits per heavy atom. The number of ether oxygens (including phenoxy) is 1. The summed E-state index contributed by atoms with van der Waals surface area (Å²) in [4.78, 5) is 14.6. The summed E-state index contributed by atoms with van der Waals surface area (Å²) in [5.41, 5.74) is 0.627. The monoisotopic (exact) mass is 533 g/mol. The molecule has 36 heavy (non-hydrogen) atoms. The number of nitrogens with zero attached hydrogens (tertiary/aromatic N) is 2. The van der Waals surface area contributed by atoms with Crippen LogP contribution in [0.25, 0.3) is 0 Å². The summed E-state index contributed by atoms with van der Waals surface area (Å²) in [5, 5.41) is 12.1. The van der Waals surface area contributed by atoms with Gasteiger partial charge < -0.3 is 14.8 Å². The van der Waals surface area contributed by atoms with Crippen LogP contribution in [0.15, 0.2) is 59.6 Å². The minimum Gasteiger partial charge on any atom is -0.618 e. The lowest BCUT2D eigenvalue weighted by atomic mass is 10.0. The van der Waals surface area contributed by atoms with E-state index in [1.54, 1.807) is 6.92 Å². The van der Waals surface area contributed by atoms with Gasteiger partial charge in [0.2, 0.25) is 5.78 Å². The lowest BCUT2D eigenvalue weighted by Gasteiger charge is -2.37. The standard InChI is InChI=1S/C25H25ClFN3O5S/c1-15-4-5-18(14-30(15)32)25(31)21-10-19(26)6-8-23(21)28-36(33,34)20-7-9-24(22(27)11-20)29-12-16(2)35-17(3)13-29/h4-11,14,16-17,28H,12-13H2,1-3H3/t16-,17+. The first-order valence-corrected chi connectivity index (χ1v) is 13.1. The van der Waals surface area contributed by atoms with Crippen molar-refractivity contribution < 1.29 is 27.1 Å². The molecule has 4 rings (SSSR count). The minimum absolute atomic E-state index is 0.0525. The number of rotatable bonds is 6. The predicted octanol–water partition coefficient (Wildman–Crippen LogP) is 4.07. The highest BCUT2D eigenvalue weighted by atomic mass is 35.5. The maximum absolute atomic E-state index is 15.0. The number of carbonyl (C=O) groups is 1. The Morgan fingerprint density at radius 1 is 1.14 bits per heavy atom. The van der Waals surface area contributed by atoms with E-state index in [0.29, 0.717) is 23.5 Å². The van der Waals surface area contributed by atoms with Crippen molar-refractivity contribution in [3.05, 3.63) is 87.6 Å². The molecule has 1 aliphatic rings. The highest BCUT2D eigenvalue weighted by Crippen LogP contribution is 2.29. The summed E-state index contributed by atoms with van der Waals surface area (Å²) in [5.74, 6) is -1.29. The third-order valence-corrected chi connectivity index (χ3v) is 7.43. The van der Waals surface area contributed by atoms with Crippen molar-refractivity contribution in [1.29, 1.82) is 0 Å². The van der Waals surface area contributed by atoms with Crippen LogP contribution in [-0.2, 0) is 14.8 Å².